The van der Waals surface area contributed by atoms with Gasteiger partial charge in [-0.05, 0) is 36.8 Å². The maximum absolute atomic E-state index is 12.5. The molecule has 3 N–H and O–H groups in total. The number of rotatable bonds is 1. The number of halogens is 3. The first-order chi connectivity index (χ1) is 8.79. The van der Waals surface area contributed by atoms with Crippen LogP contribution in [-0.2, 0) is 6.18 Å². The van der Waals surface area contributed by atoms with Gasteiger partial charge < -0.3 is 10.8 Å². The van der Waals surface area contributed by atoms with Crippen molar-refractivity contribution in [2.24, 2.45) is 0 Å². The minimum Gasteiger partial charge on any atom is -0.507 e. The van der Waals surface area contributed by atoms with E-state index >= 15 is 0 Å². The number of anilines is 1. The summed E-state index contributed by atoms with van der Waals surface area (Å²) in [4.78, 5) is 0. The number of hydrogen-bond donors (Lipinski definition) is 2. The fourth-order valence-electron chi connectivity index (χ4n) is 1.68. The number of benzene rings is 1. The van der Waals surface area contributed by atoms with Crippen LogP contribution < -0.4 is 5.73 Å². The molecule has 0 aliphatic carbocycles. The number of hydrogen-bond acceptors (Lipinski definition) is 4. The molecule has 7 heteroatoms. The number of nitrogen functional groups attached to an aromatic ring is 1. The van der Waals surface area contributed by atoms with Crippen LogP contribution in [0.3, 0.4) is 0 Å². The number of phenols is 1. The van der Waals surface area contributed by atoms with E-state index in [1.807, 2.05) is 0 Å². The average Bonchev–Trinajstić information content (AvgIpc) is 2.28. The lowest BCUT2D eigenvalue weighted by Crippen LogP contribution is -2.05. The molecule has 2 aromatic rings. The Balaban J connectivity index is 2.52. The average molecular weight is 269 g/mol. The van der Waals surface area contributed by atoms with Gasteiger partial charge in [-0.2, -0.15) is 13.2 Å². The molecule has 2 rings (SSSR count). The molecular weight excluding hydrogens is 259 g/mol. The summed E-state index contributed by atoms with van der Waals surface area (Å²) in [6, 6.07) is 4.23. The Morgan fingerprint density at radius 1 is 1.16 bits per heavy atom. The number of alkyl halides is 3. The zero-order valence-corrected chi connectivity index (χ0v) is 9.86. The van der Waals surface area contributed by atoms with Crippen LogP contribution in [0.2, 0.25) is 0 Å². The minimum atomic E-state index is -4.50. The van der Waals surface area contributed by atoms with Gasteiger partial charge in [0.05, 0.1) is 11.3 Å². The molecule has 0 atom stereocenters. The maximum atomic E-state index is 12.5. The molecule has 100 valence electrons. The highest BCUT2D eigenvalue weighted by Gasteiger charge is 2.31. The van der Waals surface area contributed by atoms with Crippen molar-refractivity contribution in [3.63, 3.8) is 0 Å². The van der Waals surface area contributed by atoms with Gasteiger partial charge in [0.1, 0.15) is 11.6 Å². The lowest BCUT2D eigenvalue weighted by Gasteiger charge is -2.10. The van der Waals surface area contributed by atoms with Gasteiger partial charge in [-0.15, -0.1) is 10.2 Å². The zero-order valence-electron chi connectivity index (χ0n) is 9.86. The summed E-state index contributed by atoms with van der Waals surface area (Å²) in [5.41, 5.74) is 5.60. The van der Waals surface area contributed by atoms with Gasteiger partial charge in [-0.3, -0.25) is 0 Å². The van der Waals surface area contributed by atoms with E-state index in [4.69, 9.17) is 5.73 Å². The molecule has 0 radical (unpaired) electrons. The van der Waals surface area contributed by atoms with E-state index in [0.29, 0.717) is 17.3 Å². The molecule has 19 heavy (non-hydrogen) atoms. The molecule has 0 aliphatic rings. The second-order valence-electron chi connectivity index (χ2n) is 4.03. The SMILES string of the molecule is Cc1cc(N)nnc1-c1ccc(C(F)(F)F)cc1O. The van der Waals surface area contributed by atoms with Crippen LogP contribution in [0.5, 0.6) is 5.75 Å². The van der Waals surface area contributed by atoms with E-state index in [0.717, 1.165) is 12.1 Å². The van der Waals surface area contributed by atoms with Crippen molar-refractivity contribution in [1.82, 2.24) is 10.2 Å². The third kappa shape index (κ3) is 2.59. The van der Waals surface area contributed by atoms with Crippen molar-refractivity contribution in [2.45, 2.75) is 13.1 Å². The van der Waals surface area contributed by atoms with Gasteiger partial charge in [0.15, 0.2) is 0 Å². The van der Waals surface area contributed by atoms with Crippen LogP contribution in [0.4, 0.5) is 19.0 Å². The Bertz CT molecular complexity index is 626. The minimum absolute atomic E-state index is 0.179. The number of aromatic nitrogens is 2. The number of nitrogens with two attached hydrogens (primary N) is 1. The summed E-state index contributed by atoms with van der Waals surface area (Å²) < 4.78 is 37.4. The van der Waals surface area contributed by atoms with E-state index in [-0.39, 0.29) is 11.4 Å². The fourth-order valence-corrected chi connectivity index (χ4v) is 1.68. The summed E-state index contributed by atoms with van der Waals surface area (Å²) in [5.74, 6) is -0.301. The van der Waals surface area contributed by atoms with Crippen LogP contribution >= 0.6 is 0 Å². The molecule has 0 spiro atoms. The van der Waals surface area contributed by atoms with Crippen LogP contribution in [0, 0.1) is 6.92 Å². The number of aromatic hydroxyl groups is 1. The second-order valence-corrected chi connectivity index (χ2v) is 4.03. The van der Waals surface area contributed by atoms with E-state index in [2.05, 4.69) is 10.2 Å². The molecule has 0 unspecified atom stereocenters. The van der Waals surface area contributed by atoms with Crippen LogP contribution in [-0.4, -0.2) is 15.3 Å². The number of phenolic OH excluding ortho intramolecular Hbond substituents is 1. The molecule has 0 saturated carbocycles. The Hall–Kier alpha value is -2.31. The second kappa shape index (κ2) is 4.42. The van der Waals surface area contributed by atoms with Crippen molar-refractivity contribution in [2.75, 3.05) is 5.73 Å². The van der Waals surface area contributed by atoms with Gasteiger partial charge in [0.2, 0.25) is 0 Å². The van der Waals surface area contributed by atoms with Gasteiger partial charge in [-0.25, -0.2) is 0 Å². The van der Waals surface area contributed by atoms with Crippen molar-refractivity contribution in [3.8, 4) is 17.0 Å². The molecule has 0 bridgehead atoms. The first-order valence-electron chi connectivity index (χ1n) is 5.29. The fraction of sp³-hybridized carbons (Fsp3) is 0.167. The number of nitrogens with zero attached hydrogens (tertiary/aromatic N) is 2. The zero-order chi connectivity index (χ0) is 14.2. The highest BCUT2D eigenvalue weighted by Crippen LogP contribution is 2.36. The van der Waals surface area contributed by atoms with E-state index in [1.165, 1.54) is 6.07 Å². The summed E-state index contributed by atoms with van der Waals surface area (Å²) in [6.45, 7) is 1.68. The molecule has 0 saturated heterocycles. The molecule has 1 aromatic carbocycles. The molecule has 1 aromatic heterocycles. The molecule has 0 amide bonds. The summed E-state index contributed by atoms with van der Waals surface area (Å²) in [6.07, 6.45) is -4.50. The highest BCUT2D eigenvalue weighted by atomic mass is 19.4. The monoisotopic (exact) mass is 269 g/mol. The van der Waals surface area contributed by atoms with Gasteiger partial charge >= 0.3 is 6.18 Å². The Morgan fingerprint density at radius 2 is 1.84 bits per heavy atom. The third-order valence-electron chi connectivity index (χ3n) is 2.58. The smallest absolute Gasteiger partial charge is 0.416 e. The Labute approximate surface area is 106 Å². The van der Waals surface area contributed by atoms with Gasteiger partial charge in [0.25, 0.3) is 0 Å². The predicted molar refractivity (Wildman–Crippen MR) is 63.3 cm³/mol. The molecule has 1 heterocycles. The van der Waals surface area contributed by atoms with Crippen molar-refractivity contribution in [3.05, 3.63) is 35.4 Å². The highest BCUT2D eigenvalue weighted by molar-refractivity contribution is 5.70. The molecular formula is C12H10F3N3O. The summed E-state index contributed by atoms with van der Waals surface area (Å²) in [7, 11) is 0. The Morgan fingerprint density at radius 3 is 2.37 bits per heavy atom. The first kappa shape index (κ1) is 13.1. The van der Waals surface area contributed by atoms with Crippen LogP contribution in [0.25, 0.3) is 11.3 Å². The normalized spacial score (nSPS) is 11.6. The largest absolute Gasteiger partial charge is 0.507 e. The molecule has 0 aliphatic heterocycles. The lowest BCUT2D eigenvalue weighted by atomic mass is 10.0. The van der Waals surface area contributed by atoms with E-state index < -0.39 is 17.5 Å². The van der Waals surface area contributed by atoms with Crippen molar-refractivity contribution < 1.29 is 18.3 Å². The standard InChI is InChI=1S/C12H10F3N3O/c1-6-4-10(16)17-18-11(6)8-3-2-7(5-9(8)19)12(13,14)15/h2-5,19H,1H3,(H2,16,17). The first-order valence-corrected chi connectivity index (χ1v) is 5.29. The van der Waals surface area contributed by atoms with Gasteiger partial charge in [0, 0.05) is 5.56 Å². The lowest BCUT2D eigenvalue weighted by molar-refractivity contribution is -0.137. The topological polar surface area (TPSA) is 72.0 Å². The van der Waals surface area contributed by atoms with Crippen LogP contribution in [0.15, 0.2) is 24.3 Å². The maximum Gasteiger partial charge on any atom is 0.416 e. The third-order valence-corrected chi connectivity index (χ3v) is 2.58. The van der Waals surface area contributed by atoms with Crippen molar-refractivity contribution in [1.29, 1.82) is 0 Å². The van der Waals surface area contributed by atoms with E-state index in [9.17, 15) is 18.3 Å². The number of aryl methyl sites for hydroxylation is 1. The Kier molecular flexibility index (Phi) is 3.05. The molecule has 0 fully saturated rings. The predicted octanol–water partition coefficient (Wildman–Crippen LogP) is 2.76. The van der Waals surface area contributed by atoms with E-state index in [1.54, 1.807) is 6.92 Å². The summed E-state index contributed by atoms with van der Waals surface area (Å²) >= 11 is 0. The van der Waals surface area contributed by atoms with Crippen molar-refractivity contribution >= 4 is 5.82 Å². The van der Waals surface area contributed by atoms with Crippen LogP contribution in [0.1, 0.15) is 11.1 Å². The summed E-state index contributed by atoms with van der Waals surface area (Å²) in [5, 5.41) is 17.1. The molecule has 4 nitrogen and oxygen atoms in total. The van der Waals surface area contributed by atoms with Gasteiger partial charge in [-0.1, -0.05) is 0 Å². The quantitative estimate of drug-likeness (QED) is 0.835.